The number of hydrogen-bond acceptors (Lipinski definition) is 6. The van der Waals surface area contributed by atoms with Gasteiger partial charge in [-0.3, -0.25) is 9.69 Å². The second-order valence-corrected chi connectivity index (χ2v) is 7.14. The van der Waals surface area contributed by atoms with Gasteiger partial charge in [0.2, 0.25) is 0 Å². The molecule has 2 saturated heterocycles. The minimum absolute atomic E-state index is 0.0460. The molecule has 0 radical (unpaired) electrons. The lowest BCUT2D eigenvalue weighted by atomic mass is 10.2. The number of aromatic nitrogens is 1. The summed E-state index contributed by atoms with van der Waals surface area (Å²) in [5.74, 6) is 0.884. The molecule has 2 fully saturated rings. The molecule has 2 aliphatic rings. The summed E-state index contributed by atoms with van der Waals surface area (Å²) in [5.41, 5.74) is 0.640. The maximum Gasteiger partial charge on any atom is 0.257 e. The van der Waals surface area contributed by atoms with Crippen molar-refractivity contribution in [3.05, 3.63) is 40.2 Å². The molecule has 0 spiro atoms. The number of amides is 1. The van der Waals surface area contributed by atoms with Crippen LogP contribution in [-0.2, 0) is 11.3 Å². The van der Waals surface area contributed by atoms with Crippen molar-refractivity contribution in [1.29, 1.82) is 0 Å². The Morgan fingerprint density at radius 3 is 3.00 bits per heavy atom. The predicted molar refractivity (Wildman–Crippen MR) is 89.9 cm³/mol. The number of carbonyl (C=O) groups is 1. The van der Waals surface area contributed by atoms with Crippen LogP contribution in [0.4, 0.5) is 0 Å². The molecule has 0 unspecified atom stereocenters. The fourth-order valence-corrected chi connectivity index (χ4v) is 4.17. The zero-order chi connectivity index (χ0) is 16.4. The van der Waals surface area contributed by atoms with Crippen molar-refractivity contribution in [2.45, 2.75) is 25.4 Å². The molecule has 2 aromatic heterocycles. The van der Waals surface area contributed by atoms with Crippen LogP contribution in [0.1, 0.15) is 40.0 Å². The van der Waals surface area contributed by atoms with Crippen LogP contribution in [0.5, 0.6) is 0 Å². The summed E-state index contributed by atoms with van der Waals surface area (Å²) in [4.78, 5) is 21.5. The quantitative estimate of drug-likeness (QED) is 0.851. The van der Waals surface area contributed by atoms with Gasteiger partial charge in [0.15, 0.2) is 0 Å². The van der Waals surface area contributed by atoms with E-state index >= 15 is 0 Å². The molecule has 0 saturated carbocycles. The lowest BCUT2D eigenvalue weighted by Gasteiger charge is -2.25. The summed E-state index contributed by atoms with van der Waals surface area (Å²) in [6.07, 6.45) is 5.40. The van der Waals surface area contributed by atoms with Gasteiger partial charge in [-0.2, -0.15) is 0 Å². The number of nitrogens with zero attached hydrogens (tertiary/aromatic N) is 3. The topological polar surface area (TPSA) is 58.8 Å². The van der Waals surface area contributed by atoms with E-state index in [0.717, 1.165) is 63.0 Å². The van der Waals surface area contributed by atoms with E-state index in [9.17, 15) is 4.79 Å². The van der Waals surface area contributed by atoms with Crippen molar-refractivity contribution in [3.63, 3.8) is 0 Å². The Morgan fingerprint density at radius 1 is 1.33 bits per heavy atom. The number of furan rings is 1. The van der Waals surface area contributed by atoms with E-state index in [-0.39, 0.29) is 11.9 Å². The summed E-state index contributed by atoms with van der Waals surface area (Å²) in [6, 6.07) is 1.99. The molecule has 2 aliphatic heterocycles. The van der Waals surface area contributed by atoms with Crippen LogP contribution in [0.3, 0.4) is 0 Å². The van der Waals surface area contributed by atoms with E-state index in [0.29, 0.717) is 5.56 Å². The Balaban J connectivity index is 1.44. The third-order valence-electron chi connectivity index (χ3n) is 4.63. The average molecular weight is 347 g/mol. The molecule has 7 heteroatoms. The van der Waals surface area contributed by atoms with Crippen LogP contribution in [0, 0.1) is 0 Å². The third kappa shape index (κ3) is 3.24. The van der Waals surface area contributed by atoms with Crippen LogP contribution in [-0.4, -0.2) is 53.5 Å². The standard InChI is InChI=1S/C17H21N3O3S/c21-17(20-4-1-2-15(20)16-18-3-9-24-16)13-10-14(23-12-13)11-19-5-7-22-8-6-19/h3,9-10,12,15H,1-2,4-8,11H2/t15-/m1/s1. The maximum atomic E-state index is 12.9. The van der Waals surface area contributed by atoms with Gasteiger partial charge in [-0.25, -0.2) is 4.98 Å². The Kier molecular flexibility index (Phi) is 4.64. The van der Waals surface area contributed by atoms with Crippen molar-refractivity contribution in [2.24, 2.45) is 0 Å². The first-order valence-electron chi connectivity index (χ1n) is 8.39. The molecular weight excluding hydrogens is 326 g/mol. The summed E-state index contributed by atoms with van der Waals surface area (Å²) in [5, 5.41) is 2.99. The second kappa shape index (κ2) is 7.04. The molecular formula is C17H21N3O3S. The van der Waals surface area contributed by atoms with Crippen LogP contribution < -0.4 is 0 Å². The number of rotatable bonds is 4. The predicted octanol–water partition coefficient (Wildman–Crippen LogP) is 2.55. The number of morpholine rings is 1. The molecule has 4 heterocycles. The van der Waals surface area contributed by atoms with Gasteiger partial charge < -0.3 is 14.1 Å². The molecule has 6 nitrogen and oxygen atoms in total. The lowest BCUT2D eigenvalue weighted by Crippen LogP contribution is -2.35. The van der Waals surface area contributed by atoms with Crippen molar-refractivity contribution in [2.75, 3.05) is 32.8 Å². The number of carbonyl (C=O) groups excluding carboxylic acids is 1. The van der Waals surface area contributed by atoms with Gasteiger partial charge in [0.05, 0.1) is 31.4 Å². The molecule has 2 aromatic rings. The first-order chi connectivity index (χ1) is 11.8. The molecule has 0 aromatic carbocycles. The highest BCUT2D eigenvalue weighted by Gasteiger charge is 2.32. The van der Waals surface area contributed by atoms with Crippen molar-refractivity contribution in [3.8, 4) is 0 Å². The highest BCUT2D eigenvalue weighted by molar-refractivity contribution is 7.09. The molecule has 128 valence electrons. The number of ether oxygens (including phenoxy) is 1. The molecule has 0 aliphatic carbocycles. The van der Waals surface area contributed by atoms with Gasteiger partial charge in [-0.05, 0) is 18.9 Å². The van der Waals surface area contributed by atoms with E-state index in [1.807, 2.05) is 16.3 Å². The fraction of sp³-hybridized carbons (Fsp3) is 0.529. The second-order valence-electron chi connectivity index (χ2n) is 6.22. The maximum absolute atomic E-state index is 12.9. The normalized spacial score (nSPS) is 22.2. The first-order valence-corrected chi connectivity index (χ1v) is 9.27. The summed E-state index contributed by atoms with van der Waals surface area (Å²) < 4.78 is 11.0. The molecule has 1 atom stereocenters. The Bertz CT molecular complexity index is 679. The van der Waals surface area contributed by atoms with Gasteiger partial charge >= 0.3 is 0 Å². The summed E-state index contributed by atoms with van der Waals surface area (Å²) in [7, 11) is 0. The minimum Gasteiger partial charge on any atom is -0.467 e. The van der Waals surface area contributed by atoms with Crippen molar-refractivity contribution < 1.29 is 13.9 Å². The van der Waals surface area contributed by atoms with Gasteiger partial charge in [-0.1, -0.05) is 0 Å². The summed E-state index contributed by atoms with van der Waals surface area (Å²) in [6.45, 7) is 4.84. The average Bonchev–Trinajstić information content (AvgIpc) is 3.35. The zero-order valence-electron chi connectivity index (χ0n) is 13.5. The number of likely N-dealkylation sites (tertiary alicyclic amines) is 1. The fourth-order valence-electron chi connectivity index (χ4n) is 3.39. The van der Waals surface area contributed by atoms with E-state index < -0.39 is 0 Å². The number of thiazole rings is 1. The minimum atomic E-state index is 0.0460. The van der Waals surface area contributed by atoms with Crippen LogP contribution in [0.2, 0.25) is 0 Å². The lowest BCUT2D eigenvalue weighted by molar-refractivity contribution is 0.0313. The van der Waals surface area contributed by atoms with Gasteiger partial charge in [0.1, 0.15) is 17.0 Å². The van der Waals surface area contributed by atoms with Crippen molar-refractivity contribution in [1.82, 2.24) is 14.8 Å². The SMILES string of the molecule is O=C(c1coc(CN2CCOCC2)c1)N1CCC[C@@H]1c1nccs1. The van der Waals surface area contributed by atoms with Gasteiger partial charge in [0.25, 0.3) is 5.91 Å². The van der Waals surface area contributed by atoms with E-state index in [1.54, 1.807) is 23.8 Å². The number of hydrogen-bond donors (Lipinski definition) is 0. The Labute approximate surface area is 145 Å². The molecule has 4 rings (SSSR count). The smallest absolute Gasteiger partial charge is 0.257 e. The van der Waals surface area contributed by atoms with Crippen LogP contribution in [0.15, 0.2) is 28.3 Å². The van der Waals surface area contributed by atoms with Crippen LogP contribution in [0.25, 0.3) is 0 Å². The highest BCUT2D eigenvalue weighted by atomic mass is 32.1. The molecule has 24 heavy (non-hydrogen) atoms. The Morgan fingerprint density at radius 2 is 2.21 bits per heavy atom. The van der Waals surface area contributed by atoms with Crippen molar-refractivity contribution >= 4 is 17.2 Å². The summed E-state index contributed by atoms with van der Waals surface area (Å²) >= 11 is 1.62. The Hall–Kier alpha value is -1.70. The van der Waals surface area contributed by atoms with Crippen LogP contribution >= 0.6 is 11.3 Å². The monoisotopic (exact) mass is 347 g/mol. The van der Waals surface area contributed by atoms with E-state index in [1.165, 1.54) is 0 Å². The largest absolute Gasteiger partial charge is 0.467 e. The molecule has 0 bridgehead atoms. The highest BCUT2D eigenvalue weighted by Crippen LogP contribution is 2.34. The molecule has 0 N–H and O–H groups in total. The molecule has 1 amide bonds. The zero-order valence-corrected chi connectivity index (χ0v) is 14.3. The van der Waals surface area contributed by atoms with E-state index in [2.05, 4.69) is 9.88 Å². The van der Waals surface area contributed by atoms with Gasteiger partial charge in [-0.15, -0.1) is 11.3 Å². The van der Waals surface area contributed by atoms with E-state index in [4.69, 9.17) is 9.15 Å². The van der Waals surface area contributed by atoms with Gasteiger partial charge in [0, 0.05) is 31.2 Å². The first kappa shape index (κ1) is 15.8. The third-order valence-corrected chi connectivity index (χ3v) is 5.51.